The molecule has 1 unspecified atom stereocenters. The number of ether oxygens (including phenoxy) is 3. The standard InChI is InChI=1S/C48H70O6/c1-4-7-10-13-16-19-20-21-22-23-24-25-26-27-30-32-35-38-41-47(50)53-44-45(54-48(51)42-39-36-33-29-18-15-12-9-6-3)43-52-46(49)40-37-34-31-28-17-14-11-8-5-2/h8-13,16-25,28-29,34,36-37,39,45H,4-7,14-15,26-27,30-33,35,38,40-44H2,1-3H3/b11-8-,12-9-,13-10-,19-16-,21-20-,23-22-,25-24-,28-17-,29-18-,37-34-,39-36-. The van der Waals surface area contributed by atoms with E-state index in [0.717, 1.165) is 77.0 Å². The zero-order valence-corrected chi connectivity index (χ0v) is 33.7. The Bertz CT molecular complexity index is 1270. The zero-order chi connectivity index (χ0) is 39.4. The highest BCUT2D eigenvalue weighted by Gasteiger charge is 2.19. The van der Waals surface area contributed by atoms with Gasteiger partial charge in [-0.2, -0.15) is 0 Å². The van der Waals surface area contributed by atoms with Crippen molar-refractivity contribution in [1.29, 1.82) is 0 Å². The number of carbonyl (C=O) groups excluding carboxylic acids is 3. The van der Waals surface area contributed by atoms with Gasteiger partial charge in [0, 0.05) is 6.42 Å². The molecule has 0 aromatic carbocycles. The van der Waals surface area contributed by atoms with Gasteiger partial charge in [0.25, 0.3) is 0 Å². The van der Waals surface area contributed by atoms with Crippen molar-refractivity contribution in [3.63, 3.8) is 0 Å². The molecule has 0 saturated carbocycles. The third-order valence-electron chi connectivity index (χ3n) is 7.54. The molecule has 0 aliphatic heterocycles. The highest BCUT2D eigenvalue weighted by atomic mass is 16.6. The maximum Gasteiger partial charge on any atom is 0.310 e. The molecule has 0 aliphatic carbocycles. The minimum atomic E-state index is -0.874. The molecule has 0 aromatic rings. The van der Waals surface area contributed by atoms with Gasteiger partial charge in [0.1, 0.15) is 13.2 Å². The number of esters is 3. The van der Waals surface area contributed by atoms with Crippen LogP contribution >= 0.6 is 0 Å². The van der Waals surface area contributed by atoms with E-state index < -0.39 is 18.0 Å². The van der Waals surface area contributed by atoms with Gasteiger partial charge >= 0.3 is 17.9 Å². The van der Waals surface area contributed by atoms with Gasteiger partial charge in [0.2, 0.25) is 0 Å². The molecule has 0 spiro atoms. The number of unbranched alkanes of at least 4 members (excludes halogenated alkanes) is 6. The molecule has 0 radical (unpaired) electrons. The van der Waals surface area contributed by atoms with Gasteiger partial charge in [-0.1, -0.05) is 180 Å². The smallest absolute Gasteiger partial charge is 0.310 e. The summed E-state index contributed by atoms with van der Waals surface area (Å²) in [6.07, 6.45) is 57.9. The lowest BCUT2D eigenvalue weighted by Gasteiger charge is -2.17. The molecule has 0 saturated heterocycles. The van der Waals surface area contributed by atoms with Crippen LogP contribution in [0.2, 0.25) is 0 Å². The first-order valence-electron chi connectivity index (χ1n) is 20.3. The van der Waals surface area contributed by atoms with E-state index >= 15 is 0 Å². The topological polar surface area (TPSA) is 78.9 Å². The molecular weight excluding hydrogens is 673 g/mol. The highest BCUT2D eigenvalue weighted by Crippen LogP contribution is 2.09. The van der Waals surface area contributed by atoms with E-state index in [1.165, 1.54) is 6.42 Å². The van der Waals surface area contributed by atoms with Crippen molar-refractivity contribution < 1.29 is 28.6 Å². The van der Waals surface area contributed by atoms with Crippen molar-refractivity contribution >= 4 is 17.9 Å². The second-order valence-electron chi connectivity index (χ2n) is 12.6. The molecule has 0 fully saturated rings. The van der Waals surface area contributed by atoms with E-state index in [2.05, 4.69) is 81.5 Å². The molecule has 54 heavy (non-hydrogen) atoms. The monoisotopic (exact) mass is 743 g/mol. The molecule has 0 N–H and O–H groups in total. The van der Waals surface area contributed by atoms with Crippen LogP contribution in [0.3, 0.4) is 0 Å². The maximum atomic E-state index is 12.5. The van der Waals surface area contributed by atoms with Crippen molar-refractivity contribution in [3.8, 4) is 0 Å². The first-order valence-corrected chi connectivity index (χ1v) is 20.3. The zero-order valence-electron chi connectivity index (χ0n) is 33.7. The third kappa shape index (κ3) is 38.8. The Morgan fingerprint density at radius 3 is 1.39 bits per heavy atom. The van der Waals surface area contributed by atoms with E-state index in [0.29, 0.717) is 12.8 Å². The Kier molecular flexibility index (Phi) is 37.9. The van der Waals surface area contributed by atoms with Crippen LogP contribution in [0.4, 0.5) is 0 Å². The molecule has 0 amide bonds. The summed E-state index contributed by atoms with van der Waals surface area (Å²) in [6.45, 7) is 6.04. The third-order valence-corrected chi connectivity index (χ3v) is 7.54. The number of hydrogen-bond donors (Lipinski definition) is 0. The summed E-state index contributed by atoms with van der Waals surface area (Å²) in [6, 6.07) is 0. The van der Waals surface area contributed by atoms with E-state index in [1.54, 1.807) is 12.2 Å². The highest BCUT2D eigenvalue weighted by molar-refractivity contribution is 5.72. The Morgan fingerprint density at radius 2 is 0.852 bits per heavy atom. The fraction of sp³-hybridized carbons (Fsp3) is 0.479. The van der Waals surface area contributed by atoms with Crippen LogP contribution in [0.1, 0.15) is 130 Å². The fourth-order valence-electron chi connectivity index (χ4n) is 4.59. The Labute approximate surface area is 328 Å². The summed E-state index contributed by atoms with van der Waals surface area (Å²) in [5.74, 6) is -1.26. The van der Waals surface area contributed by atoms with Gasteiger partial charge in [-0.3, -0.25) is 14.4 Å². The molecule has 0 rings (SSSR count). The second kappa shape index (κ2) is 41.3. The predicted octanol–water partition coefficient (Wildman–Crippen LogP) is 12.8. The normalized spacial score (nSPS) is 13.5. The van der Waals surface area contributed by atoms with Crippen molar-refractivity contribution in [3.05, 3.63) is 134 Å². The van der Waals surface area contributed by atoms with Crippen LogP contribution in [-0.4, -0.2) is 37.2 Å². The number of allylic oxidation sites excluding steroid dienone is 20. The van der Waals surface area contributed by atoms with Gasteiger partial charge in [0.15, 0.2) is 6.10 Å². The second-order valence-corrected chi connectivity index (χ2v) is 12.6. The molecule has 0 aliphatic rings. The van der Waals surface area contributed by atoms with Crippen molar-refractivity contribution in [2.45, 2.75) is 136 Å². The van der Waals surface area contributed by atoms with Crippen LogP contribution in [0, 0.1) is 0 Å². The van der Waals surface area contributed by atoms with Crippen molar-refractivity contribution in [2.24, 2.45) is 0 Å². The molecular formula is C48H70O6. The van der Waals surface area contributed by atoms with Gasteiger partial charge in [-0.15, -0.1) is 0 Å². The van der Waals surface area contributed by atoms with Crippen LogP contribution in [0.5, 0.6) is 0 Å². The summed E-state index contributed by atoms with van der Waals surface area (Å²) in [4.78, 5) is 37.3. The maximum absolute atomic E-state index is 12.5. The largest absolute Gasteiger partial charge is 0.462 e. The first kappa shape index (κ1) is 49.6. The van der Waals surface area contributed by atoms with Crippen LogP contribution in [0.15, 0.2) is 134 Å². The number of carbonyl (C=O) groups is 3. The van der Waals surface area contributed by atoms with Crippen LogP contribution in [0.25, 0.3) is 0 Å². The molecule has 298 valence electrons. The molecule has 6 nitrogen and oxygen atoms in total. The Balaban J connectivity index is 4.55. The van der Waals surface area contributed by atoms with Crippen molar-refractivity contribution in [2.75, 3.05) is 13.2 Å². The van der Waals surface area contributed by atoms with Gasteiger partial charge in [0.05, 0.1) is 12.8 Å². The van der Waals surface area contributed by atoms with Crippen LogP contribution in [-0.2, 0) is 28.6 Å². The molecule has 0 bridgehead atoms. The van der Waals surface area contributed by atoms with E-state index in [4.69, 9.17) is 14.2 Å². The minimum absolute atomic E-state index is 0.0750. The van der Waals surface area contributed by atoms with E-state index in [9.17, 15) is 14.4 Å². The average molecular weight is 743 g/mol. The van der Waals surface area contributed by atoms with Gasteiger partial charge < -0.3 is 14.2 Å². The Hall–Kier alpha value is -4.45. The Morgan fingerprint density at radius 1 is 0.426 bits per heavy atom. The fourth-order valence-corrected chi connectivity index (χ4v) is 4.59. The quantitative estimate of drug-likeness (QED) is 0.0219. The van der Waals surface area contributed by atoms with Gasteiger partial charge in [-0.05, 0) is 64.2 Å². The average Bonchev–Trinajstić information content (AvgIpc) is 3.17. The van der Waals surface area contributed by atoms with E-state index in [-0.39, 0.29) is 32.0 Å². The lowest BCUT2D eigenvalue weighted by Crippen LogP contribution is -2.30. The lowest BCUT2D eigenvalue weighted by atomic mass is 10.1. The SMILES string of the molecule is CC/C=C\C/C=C\C/C=C\CC(=O)OCC(COC(=O)CCCCCCC\C=C/C=C\C=C/C=C\C=C/CCC)OC(=O)C/C=C\C/C=C\C/C=C\CC. The summed E-state index contributed by atoms with van der Waals surface area (Å²) >= 11 is 0. The summed E-state index contributed by atoms with van der Waals surface area (Å²) in [5.41, 5.74) is 0. The molecule has 0 aromatic heterocycles. The summed E-state index contributed by atoms with van der Waals surface area (Å²) < 4.78 is 16.3. The minimum Gasteiger partial charge on any atom is -0.462 e. The lowest BCUT2D eigenvalue weighted by molar-refractivity contribution is -0.166. The number of rotatable bonds is 33. The summed E-state index contributed by atoms with van der Waals surface area (Å²) in [7, 11) is 0. The van der Waals surface area contributed by atoms with E-state index in [1.807, 2.05) is 60.8 Å². The molecule has 0 heterocycles. The number of hydrogen-bond acceptors (Lipinski definition) is 6. The first-order chi connectivity index (χ1) is 26.5. The van der Waals surface area contributed by atoms with Gasteiger partial charge in [-0.25, -0.2) is 0 Å². The van der Waals surface area contributed by atoms with Crippen LogP contribution < -0.4 is 0 Å². The molecule has 1 atom stereocenters. The predicted molar refractivity (Wildman–Crippen MR) is 228 cm³/mol. The summed E-state index contributed by atoms with van der Waals surface area (Å²) in [5, 5.41) is 0. The van der Waals surface area contributed by atoms with Crippen molar-refractivity contribution in [1.82, 2.24) is 0 Å². The molecule has 6 heteroatoms.